The molecule has 0 spiro atoms. The van der Waals surface area contributed by atoms with Crippen LogP contribution in [0.1, 0.15) is 36.5 Å². The van der Waals surface area contributed by atoms with Crippen molar-refractivity contribution in [3.05, 3.63) is 53.9 Å². The van der Waals surface area contributed by atoms with Crippen molar-refractivity contribution in [2.75, 3.05) is 17.0 Å². The van der Waals surface area contributed by atoms with Gasteiger partial charge in [-0.15, -0.1) is 0 Å². The number of amides is 2. The van der Waals surface area contributed by atoms with Gasteiger partial charge in [-0.3, -0.25) is 23.8 Å². The highest BCUT2D eigenvalue weighted by atomic mass is 32.2. The highest BCUT2D eigenvalue weighted by molar-refractivity contribution is 7.92. The standard InChI is InChI=1S/C23H26N6O5S/c1-15-16(2)29(14-24-15)20-13-21(26-17(3)25-20)34-19-9-7-18(8-10-19)27-35(32,33)12-11-28-22(30)5-4-6-23(28)31/h7-10,13-14,27H,4-6,11-12H2,1-3H3. The van der Waals surface area contributed by atoms with Gasteiger partial charge in [0.2, 0.25) is 27.7 Å². The first-order chi connectivity index (χ1) is 16.6. The summed E-state index contributed by atoms with van der Waals surface area (Å²) in [6.07, 6.45) is 2.71. The number of anilines is 1. The Bertz CT molecular complexity index is 1350. The Balaban J connectivity index is 1.40. The number of sulfonamides is 1. The van der Waals surface area contributed by atoms with Crippen LogP contribution in [0.15, 0.2) is 36.7 Å². The molecule has 0 saturated carbocycles. The lowest BCUT2D eigenvalue weighted by molar-refractivity contribution is -0.147. The summed E-state index contributed by atoms with van der Waals surface area (Å²) in [5.74, 6) is 0.902. The number of aromatic nitrogens is 4. The van der Waals surface area contributed by atoms with Gasteiger partial charge in [0, 0.05) is 36.8 Å². The van der Waals surface area contributed by atoms with Crippen LogP contribution < -0.4 is 9.46 Å². The SMILES string of the molecule is Cc1nc(Oc2ccc(NS(=O)(=O)CCN3C(=O)CCCC3=O)cc2)cc(-n2cnc(C)c2C)n1. The van der Waals surface area contributed by atoms with Crippen molar-refractivity contribution in [1.29, 1.82) is 0 Å². The number of benzene rings is 1. The van der Waals surface area contributed by atoms with Crippen LogP contribution in [0.25, 0.3) is 5.82 Å². The number of aryl methyl sites for hydroxylation is 2. The second-order valence-electron chi connectivity index (χ2n) is 8.24. The van der Waals surface area contributed by atoms with E-state index in [9.17, 15) is 18.0 Å². The predicted octanol–water partition coefficient (Wildman–Crippen LogP) is 2.66. The largest absolute Gasteiger partial charge is 0.439 e. The first kappa shape index (κ1) is 24.3. The Morgan fingerprint density at radius 2 is 1.71 bits per heavy atom. The number of ether oxygens (including phenoxy) is 1. The summed E-state index contributed by atoms with van der Waals surface area (Å²) in [5.41, 5.74) is 2.19. The molecule has 1 aliphatic heterocycles. The molecule has 11 nitrogen and oxygen atoms in total. The van der Waals surface area contributed by atoms with Gasteiger partial charge in [0.05, 0.1) is 11.4 Å². The van der Waals surface area contributed by atoms with Crippen molar-refractivity contribution in [3.8, 4) is 17.4 Å². The van der Waals surface area contributed by atoms with Crippen LogP contribution >= 0.6 is 0 Å². The topological polar surface area (TPSA) is 136 Å². The third kappa shape index (κ3) is 5.83. The van der Waals surface area contributed by atoms with E-state index >= 15 is 0 Å². The van der Waals surface area contributed by atoms with Crippen molar-refractivity contribution >= 4 is 27.5 Å². The van der Waals surface area contributed by atoms with Crippen molar-refractivity contribution in [2.24, 2.45) is 0 Å². The number of imide groups is 1. The van der Waals surface area contributed by atoms with Gasteiger partial charge in [-0.05, 0) is 51.5 Å². The van der Waals surface area contributed by atoms with Crippen LogP contribution in [0, 0.1) is 20.8 Å². The average molecular weight is 499 g/mol. The smallest absolute Gasteiger partial charge is 0.234 e. The number of hydrogen-bond donors (Lipinski definition) is 1. The molecule has 0 unspecified atom stereocenters. The zero-order valence-electron chi connectivity index (χ0n) is 19.7. The molecule has 1 aromatic carbocycles. The maximum absolute atomic E-state index is 12.5. The molecule has 0 bridgehead atoms. The van der Waals surface area contributed by atoms with Gasteiger partial charge in [0.25, 0.3) is 0 Å². The zero-order chi connectivity index (χ0) is 25.2. The van der Waals surface area contributed by atoms with Crippen molar-refractivity contribution < 1.29 is 22.7 Å². The monoisotopic (exact) mass is 498 g/mol. The third-order valence-corrected chi connectivity index (χ3v) is 6.88. The number of carbonyl (C=O) groups excluding carboxylic acids is 2. The summed E-state index contributed by atoms with van der Waals surface area (Å²) in [5, 5.41) is 0. The van der Waals surface area contributed by atoms with E-state index in [-0.39, 0.29) is 37.0 Å². The van der Waals surface area contributed by atoms with Gasteiger partial charge >= 0.3 is 0 Å². The first-order valence-corrected chi connectivity index (χ1v) is 12.7. The Morgan fingerprint density at radius 1 is 1.03 bits per heavy atom. The van der Waals surface area contributed by atoms with E-state index in [0.717, 1.165) is 16.3 Å². The van der Waals surface area contributed by atoms with Crippen LogP contribution in [-0.2, 0) is 19.6 Å². The van der Waals surface area contributed by atoms with Gasteiger partial charge in [0.1, 0.15) is 23.7 Å². The van der Waals surface area contributed by atoms with Crippen LogP contribution in [0.2, 0.25) is 0 Å². The Kier molecular flexibility index (Phi) is 6.83. The molecule has 12 heteroatoms. The first-order valence-electron chi connectivity index (χ1n) is 11.1. The summed E-state index contributed by atoms with van der Waals surface area (Å²) in [6, 6.07) is 8.03. The minimum absolute atomic E-state index is 0.167. The van der Waals surface area contributed by atoms with Gasteiger partial charge in [-0.2, -0.15) is 4.98 Å². The summed E-state index contributed by atoms with van der Waals surface area (Å²) in [4.78, 5) is 37.8. The van der Waals surface area contributed by atoms with Crippen molar-refractivity contribution in [1.82, 2.24) is 24.4 Å². The molecule has 4 rings (SSSR count). The third-order valence-electron chi connectivity index (χ3n) is 5.62. The maximum atomic E-state index is 12.5. The summed E-state index contributed by atoms with van der Waals surface area (Å²) >= 11 is 0. The van der Waals surface area contributed by atoms with Gasteiger partial charge in [0.15, 0.2) is 0 Å². The molecule has 0 aliphatic carbocycles. The minimum atomic E-state index is -3.76. The van der Waals surface area contributed by atoms with E-state index in [1.54, 1.807) is 43.6 Å². The zero-order valence-corrected chi connectivity index (χ0v) is 20.5. The quantitative estimate of drug-likeness (QED) is 0.468. The van der Waals surface area contributed by atoms with Gasteiger partial charge in [-0.25, -0.2) is 18.4 Å². The van der Waals surface area contributed by atoms with E-state index in [1.165, 1.54) is 0 Å². The normalized spacial score (nSPS) is 14.3. The summed E-state index contributed by atoms with van der Waals surface area (Å²) < 4.78 is 35.1. The molecule has 3 aromatic rings. The van der Waals surface area contributed by atoms with E-state index in [2.05, 4.69) is 19.7 Å². The molecular formula is C23H26N6O5S. The van der Waals surface area contributed by atoms with Crippen molar-refractivity contribution in [2.45, 2.75) is 40.0 Å². The molecule has 35 heavy (non-hydrogen) atoms. The molecule has 1 saturated heterocycles. The lowest BCUT2D eigenvalue weighted by atomic mass is 10.1. The highest BCUT2D eigenvalue weighted by Crippen LogP contribution is 2.24. The number of piperidine rings is 1. The number of carbonyl (C=O) groups is 2. The number of rotatable bonds is 8. The molecule has 1 aliphatic rings. The molecule has 0 atom stereocenters. The fraction of sp³-hybridized carbons (Fsp3) is 0.348. The fourth-order valence-corrected chi connectivity index (χ4v) is 4.65. The second kappa shape index (κ2) is 9.82. The fourth-order valence-electron chi connectivity index (χ4n) is 3.63. The Labute approximate surface area is 203 Å². The number of likely N-dealkylation sites (tertiary alicyclic amines) is 1. The van der Waals surface area contributed by atoms with Crippen LogP contribution in [0.3, 0.4) is 0 Å². The summed E-state index contributed by atoms with van der Waals surface area (Å²) in [6.45, 7) is 5.46. The average Bonchev–Trinajstić information content (AvgIpc) is 3.12. The number of nitrogens with one attached hydrogen (secondary N) is 1. The number of nitrogens with zero attached hydrogens (tertiary/aromatic N) is 5. The van der Waals surface area contributed by atoms with Crippen molar-refractivity contribution in [3.63, 3.8) is 0 Å². The van der Waals surface area contributed by atoms with E-state index < -0.39 is 10.0 Å². The number of imidazole rings is 1. The molecule has 2 amide bonds. The lowest BCUT2D eigenvalue weighted by Gasteiger charge is -2.24. The Hall–Kier alpha value is -3.80. The van der Waals surface area contributed by atoms with Gasteiger partial charge in [-0.1, -0.05) is 0 Å². The van der Waals surface area contributed by atoms with Gasteiger partial charge < -0.3 is 4.74 Å². The van der Waals surface area contributed by atoms with E-state index in [1.807, 2.05) is 18.4 Å². The Morgan fingerprint density at radius 3 is 2.34 bits per heavy atom. The van der Waals surface area contributed by atoms with E-state index in [4.69, 9.17) is 4.74 Å². The maximum Gasteiger partial charge on any atom is 0.234 e. The van der Waals surface area contributed by atoms with Crippen LogP contribution in [-0.4, -0.2) is 56.9 Å². The highest BCUT2D eigenvalue weighted by Gasteiger charge is 2.27. The molecule has 1 N–H and O–H groups in total. The molecular weight excluding hydrogens is 472 g/mol. The molecule has 1 fully saturated rings. The summed E-state index contributed by atoms with van der Waals surface area (Å²) in [7, 11) is -3.76. The van der Waals surface area contributed by atoms with E-state index in [0.29, 0.717) is 35.4 Å². The predicted molar refractivity (Wildman–Crippen MR) is 128 cm³/mol. The number of hydrogen-bond acceptors (Lipinski definition) is 8. The minimum Gasteiger partial charge on any atom is -0.439 e. The van der Waals surface area contributed by atoms with Crippen LogP contribution in [0.5, 0.6) is 11.6 Å². The second-order valence-corrected chi connectivity index (χ2v) is 10.1. The molecule has 0 radical (unpaired) electrons. The lowest BCUT2D eigenvalue weighted by Crippen LogP contribution is -2.43. The molecule has 184 valence electrons. The van der Waals surface area contributed by atoms with Crippen LogP contribution in [0.4, 0.5) is 5.69 Å². The molecule has 3 heterocycles. The molecule has 2 aromatic heterocycles.